The highest BCUT2D eigenvalue weighted by Crippen LogP contribution is 2.28. The van der Waals surface area contributed by atoms with Gasteiger partial charge in [-0.1, -0.05) is 5.16 Å². The van der Waals surface area contributed by atoms with Crippen molar-refractivity contribution in [2.75, 3.05) is 26.7 Å². The monoisotopic (exact) mass is 399 g/mol. The summed E-state index contributed by atoms with van der Waals surface area (Å²) in [6.07, 6.45) is 3.97. The Morgan fingerprint density at radius 1 is 1.24 bits per heavy atom. The normalized spacial score (nSPS) is 20.0. The van der Waals surface area contributed by atoms with Crippen LogP contribution in [0.2, 0.25) is 0 Å². The van der Waals surface area contributed by atoms with E-state index in [4.69, 9.17) is 9.62 Å². The first-order chi connectivity index (χ1) is 13.9. The predicted molar refractivity (Wildman–Crippen MR) is 107 cm³/mol. The molecule has 0 unspecified atom stereocenters. The fourth-order valence-corrected chi connectivity index (χ4v) is 4.43. The zero-order valence-corrected chi connectivity index (χ0v) is 17.5. The third kappa shape index (κ3) is 3.93. The lowest BCUT2D eigenvalue weighted by molar-refractivity contribution is -0.132. The van der Waals surface area contributed by atoms with Crippen molar-refractivity contribution in [3.8, 4) is 0 Å². The van der Waals surface area contributed by atoms with Crippen LogP contribution in [0.15, 0.2) is 10.6 Å². The van der Waals surface area contributed by atoms with Crippen LogP contribution in [0.1, 0.15) is 64.8 Å². The van der Waals surface area contributed by atoms with E-state index in [0.29, 0.717) is 25.1 Å². The Morgan fingerprint density at radius 3 is 2.83 bits per heavy atom. The summed E-state index contributed by atoms with van der Waals surface area (Å²) in [4.78, 5) is 29.1. The van der Waals surface area contributed by atoms with Gasteiger partial charge in [-0.05, 0) is 45.6 Å². The summed E-state index contributed by atoms with van der Waals surface area (Å²) in [5.41, 5.74) is 3.50. The second-order valence-electron chi connectivity index (χ2n) is 8.24. The number of hydrogen-bond donors (Lipinski definition) is 0. The van der Waals surface area contributed by atoms with Gasteiger partial charge >= 0.3 is 0 Å². The molecule has 8 heteroatoms. The molecule has 0 aromatic carbocycles. The number of aryl methyl sites for hydroxylation is 3. The van der Waals surface area contributed by atoms with Gasteiger partial charge in [0.05, 0.1) is 11.4 Å². The molecule has 1 fully saturated rings. The summed E-state index contributed by atoms with van der Waals surface area (Å²) in [6, 6.07) is 1.94. The highest BCUT2D eigenvalue weighted by Gasteiger charge is 2.29. The number of hydrogen-bond acceptors (Lipinski definition) is 5. The maximum absolute atomic E-state index is 12.8. The number of nitrogens with zero attached hydrogens (tertiary/aromatic N) is 5. The van der Waals surface area contributed by atoms with Crippen molar-refractivity contribution < 1.29 is 14.1 Å². The number of likely N-dealkylation sites (tertiary alicyclic amines) is 1. The second-order valence-corrected chi connectivity index (χ2v) is 8.24. The predicted octanol–water partition coefficient (Wildman–Crippen LogP) is 2.30. The molecular formula is C21H29N5O3. The van der Waals surface area contributed by atoms with Crippen LogP contribution in [0.3, 0.4) is 0 Å². The number of fused-ring (bicyclic) bond motifs is 1. The molecule has 0 radical (unpaired) electrons. The van der Waals surface area contributed by atoms with Crippen LogP contribution in [-0.4, -0.2) is 63.2 Å². The van der Waals surface area contributed by atoms with Crippen molar-refractivity contribution in [2.45, 2.75) is 58.4 Å². The third-order valence-electron chi connectivity index (χ3n) is 6.19. The summed E-state index contributed by atoms with van der Waals surface area (Å²) in [7, 11) is 1.84. The van der Waals surface area contributed by atoms with Gasteiger partial charge in [-0.25, -0.2) is 0 Å². The Kier molecular flexibility index (Phi) is 5.43. The Morgan fingerprint density at radius 2 is 2.07 bits per heavy atom. The fourth-order valence-electron chi connectivity index (χ4n) is 4.43. The molecule has 2 aliphatic heterocycles. The van der Waals surface area contributed by atoms with Crippen LogP contribution >= 0.6 is 0 Å². The molecule has 156 valence electrons. The van der Waals surface area contributed by atoms with Gasteiger partial charge in [0.15, 0.2) is 0 Å². The Labute approximate surface area is 170 Å². The highest BCUT2D eigenvalue weighted by molar-refractivity contribution is 5.92. The lowest BCUT2D eigenvalue weighted by atomic mass is 9.94. The molecule has 4 heterocycles. The first-order valence-corrected chi connectivity index (χ1v) is 10.5. The third-order valence-corrected chi connectivity index (χ3v) is 6.19. The number of carbonyl (C=O) groups excluding carboxylic acids is 2. The lowest BCUT2D eigenvalue weighted by Crippen LogP contribution is -2.39. The quantitative estimate of drug-likeness (QED) is 0.788. The standard InChI is InChI=1S/C21H29N5O3/c1-14-17(15(2)29-23-14)7-8-20(27)25-10-4-6-16(13-25)18-12-19-21(28)24(3)9-5-11-26(19)22-18/h12,16H,4-11,13H2,1-3H3/t16-/m0/s1. The van der Waals surface area contributed by atoms with Gasteiger partial charge in [-0.15, -0.1) is 0 Å². The molecule has 2 aliphatic rings. The van der Waals surface area contributed by atoms with Gasteiger partial charge in [0, 0.05) is 51.1 Å². The Hall–Kier alpha value is -2.64. The zero-order chi connectivity index (χ0) is 20.5. The number of amides is 2. The molecular weight excluding hydrogens is 370 g/mol. The van der Waals surface area contributed by atoms with E-state index in [9.17, 15) is 9.59 Å². The van der Waals surface area contributed by atoms with Crippen LogP contribution < -0.4 is 0 Å². The van der Waals surface area contributed by atoms with Crippen LogP contribution in [0.25, 0.3) is 0 Å². The molecule has 2 aromatic heterocycles. The molecule has 1 saturated heterocycles. The number of rotatable bonds is 4. The molecule has 0 N–H and O–H groups in total. The molecule has 4 rings (SSSR count). The average molecular weight is 399 g/mol. The van der Waals surface area contributed by atoms with Crippen molar-refractivity contribution in [3.05, 3.63) is 34.5 Å². The molecule has 0 spiro atoms. The average Bonchev–Trinajstić information content (AvgIpc) is 3.25. The van der Waals surface area contributed by atoms with Crippen molar-refractivity contribution in [3.63, 3.8) is 0 Å². The van der Waals surface area contributed by atoms with Gasteiger partial charge in [0.1, 0.15) is 11.5 Å². The van der Waals surface area contributed by atoms with Crippen molar-refractivity contribution >= 4 is 11.8 Å². The molecule has 8 nitrogen and oxygen atoms in total. The van der Waals surface area contributed by atoms with E-state index in [2.05, 4.69) is 5.16 Å². The first kappa shape index (κ1) is 19.7. The molecule has 0 aliphatic carbocycles. The summed E-state index contributed by atoms with van der Waals surface area (Å²) >= 11 is 0. The van der Waals surface area contributed by atoms with E-state index in [1.807, 2.05) is 36.5 Å². The van der Waals surface area contributed by atoms with E-state index in [0.717, 1.165) is 61.6 Å². The molecule has 0 saturated carbocycles. The SMILES string of the molecule is Cc1noc(C)c1CCC(=O)N1CCC[C@H](c2cc3n(n2)CCCN(C)C3=O)C1. The van der Waals surface area contributed by atoms with E-state index in [-0.39, 0.29) is 17.7 Å². The number of carbonyl (C=O) groups is 2. The highest BCUT2D eigenvalue weighted by atomic mass is 16.5. The van der Waals surface area contributed by atoms with E-state index in [1.165, 1.54) is 0 Å². The first-order valence-electron chi connectivity index (χ1n) is 10.5. The van der Waals surface area contributed by atoms with Crippen LogP contribution in [0.4, 0.5) is 0 Å². The summed E-state index contributed by atoms with van der Waals surface area (Å²) in [6.45, 7) is 6.77. The number of piperidine rings is 1. The van der Waals surface area contributed by atoms with E-state index in [1.54, 1.807) is 4.90 Å². The minimum absolute atomic E-state index is 0.0319. The maximum atomic E-state index is 12.8. The van der Waals surface area contributed by atoms with Gasteiger partial charge in [-0.3, -0.25) is 14.3 Å². The molecule has 29 heavy (non-hydrogen) atoms. The fraction of sp³-hybridized carbons (Fsp3) is 0.619. The van der Waals surface area contributed by atoms with Crippen molar-refractivity contribution in [1.82, 2.24) is 24.7 Å². The van der Waals surface area contributed by atoms with E-state index >= 15 is 0 Å². The van der Waals surface area contributed by atoms with Crippen molar-refractivity contribution in [2.24, 2.45) is 0 Å². The molecule has 1 atom stereocenters. The number of aromatic nitrogens is 3. The summed E-state index contributed by atoms with van der Waals surface area (Å²) < 4.78 is 7.04. The Bertz CT molecular complexity index is 896. The summed E-state index contributed by atoms with van der Waals surface area (Å²) in [5, 5.41) is 8.70. The Balaban J connectivity index is 1.42. The minimum Gasteiger partial charge on any atom is -0.361 e. The minimum atomic E-state index is 0.0319. The zero-order valence-electron chi connectivity index (χ0n) is 17.5. The van der Waals surface area contributed by atoms with Gasteiger partial charge in [0.25, 0.3) is 5.91 Å². The van der Waals surface area contributed by atoms with Gasteiger partial charge in [-0.2, -0.15) is 5.10 Å². The molecule has 0 bridgehead atoms. The van der Waals surface area contributed by atoms with E-state index < -0.39 is 0 Å². The summed E-state index contributed by atoms with van der Waals surface area (Å²) in [5.74, 6) is 1.17. The second kappa shape index (κ2) is 8.00. The topological polar surface area (TPSA) is 84.5 Å². The largest absolute Gasteiger partial charge is 0.361 e. The smallest absolute Gasteiger partial charge is 0.271 e. The van der Waals surface area contributed by atoms with Crippen molar-refractivity contribution in [1.29, 1.82) is 0 Å². The van der Waals surface area contributed by atoms with Crippen LogP contribution in [-0.2, 0) is 17.8 Å². The molecule has 2 amide bonds. The van der Waals surface area contributed by atoms with Crippen LogP contribution in [0, 0.1) is 13.8 Å². The van der Waals surface area contributed by atoms with Gasteiger partial charge in [0.2, 0.25) is 5.91 Å². The maximum Gasteiger partial charge on any atom is 0.271 e. The molecule has 2 aromatic rings. The lowest BCUT2D eigenvalue weighted by Gasteiger charge is -2.32. The van der Waals surface area contributed by atoms with Gasteiger partial charge < -0.3 is 14.3 Å². The van der Waals surface area contributed by atoms with Crippen LogP contribution in [0.5, 0.6) is 0 Å².